The molecule has 0 saturated heterocycles. The topological polar surface area (TPSA) is 77.3 Å². The van der Waals surface area contributed by atoms with Crippen LogP contribution in [0.4, 0.5) is 5.13 Å². The zero-order valence-electron chi connectivity index (χ0n) is 17.1. The van der Waals surface area contributed by atoms with Crippen LogP contribution >= 0.6 is 11.3 Å². The summed E-state index contributed by atoms with van der Waals surface area (Å²) in [7, 11) is 0. The van der Waals surface area contributed by atoms with Crippen LogP contribution in [-0.4, -0.2) is 39.8 Å². The Kier molecular flexibility index (Phi) is 6.37. The zero-order valence-corrected chi connectivity index (χ0v) is 17.9. The number of likely N-dealkylation sites (N-methyl/N-ethyl adjacent to an activating group) is 1. The highest BCUT2D eigenvalue weighted by molar-refractivity contribution is 7.22. The number of hydrogen-bond acceptors (Lipinski definition) is 6. The van der Waals surface area contributed by atoms with Gasteiger partial charge in [0.25, 0.3) is 5.91 Å². The van der Waals surface area contributed by atoms with Gasteiger partial charge < -0.3 is 4.74 Å². The third-order valence-corrected chi connectivity index (χ3v) is 5.82. The quantitative estimate of drug-likeness (QED) is 0.392. The Morgan fingerprint density at radius 2 is 1.87 bits per heavy atom. The van der Waals surface area contributed by atoms with Crippen LogP contribution in [-0.2, 0) is 20.7 Å². The lowest BCUT2D eigenvalue weighted by Gasteiger charge is -2.17. The molecule has 0 aliphatic carbocycles. The van der Waals surface area contributed by atoms with E-state index in [1.165, 1.54) is 11.3 Å². The fourth-order valence-electron chi connectivity index (χ4n) is 3.14. The number of anilines is 1. The monoisotopic (exact) mass is 434 g/mol. The van der Waals surface area contributed by atoms with Crippen molar-refractivity contribution in [3.63, 3.8) is 0 Å². The van der Waals surface area contributed by atoms with Crippen molar-refractivity contribution in [3.8, 4) is 5.69 Å². The van der Waals surface area contributed by atoms with E-state index < -0.39 is 5.97 Å². The average molecular weight is 435 g/mol. The normalized spacial score (nSPS) is 10.9. The highest BCUT2D eigenvalue weighted by Gasteiger charge is 2.19. The average Bonchev–Trinajstić information content (AvgIpc) is 3.44. The molecule has 31 heavy (non-hydrogen) atoms. The van der Waals surface area contributed by atoms with Gasteiger partial charge >= 0.3 is 5.97 Å². The number of thiazole rings is 1. The smallest absolute Gasteiger partial charge is 0.306 e. The molecule has 4 rings (SSSR count). The largest absolute Gasteiger partial charge is 0.456 e. The molecule has 0 fully saturated rings. The maximum atomic E-state index is 12.6. The summed E-state index contributed by atoms with van der Waals surface area (Å²) in [4.78, 5) is 30.8. The number of esters is 1. The number of ether oxygens (including phenoxy) is 1. The number of hydrogen-bond donors (Lipinski definition) is 0. The van der Waals surface area contributed by atoms with Crippen molar-refractivity contribution in [2.45, 2.75) is 19.8 Å². The van der Waals surface area contributed by atoms with Crippen molar-refractivity contribution in [1.29, 1.82) is 0 Å². The molecule has 7 nitrogen and oxygen atoms in total. The molecule has 0 radical (unpaired) electrons. The first-order valence-corrected chi connectivity index (χ1v) is 10.9. The second kappa shape index (κ2) is 9.53. The summed E-state index contributed by atoms with van der Waals surface area (Å²) >= 11 is 1.44. The summed E-state index contributed by atoms with van der Waals surface area (Å²) in [5, 5.41) is 4.93. The van der Waals surface area contributed by atoms with Crippen molar-refractivity contribution in [2.75, 3.05) is 18.1 Å². The molecule has 0 unspecified atom stereocenters. The first kappa shape index (κ1) is 20.7. The fourth-order valence-corrected chi connectivity index (χ4v) is 4.19. The predicted octanol–water partition coefficient (Wildman–Crippen LogP) is 4.01. The number of aryl methyl sites for hydroxylation is 1. The van der Waals surface area contributed by atoms with E-state index in [-0.39, 0.29) is 18.9 Å². The molecule has 2 aromatic carbocycles. The van der Waals surface area contributed by atoms with Crippen LogP contribution in [0.2, 0.25) is 0 Å². The molecule has 0 aliphatic rings. The maximum Gasteiger partial charge on any atom is 0.306 e. The van der Waals surface area contributed by atoms with Crippen molar-refractivity contribution >= 4 is 38.6 Å². The number of para-hydroxylation sites is 2. The Morgan fingerprint density at radius 3 is 2.65 bits per heavy atom. The minimum Gasteiger partial charge on any atom is -0.456 e. The van der Waals surface area contributed by atoms with Gasteiger partial charge in [0.05, 0.1) is 22.1 Å². The van der Waals surface area contributed by atoms with Crippen LogP contribution < -0.4 is 4.90 Å². The van der Waals surface area contributed by atoms with E-state index in [1.54, 1.807) is 15.8 Å². The SMILES string of the molecule is CCN(C(=O)COC(=O)CCc1cnn(-c2ccccc2)c1)c1nc2ccccc2s1. The first-order valence-electron chi connectivity index (χ1n) is 10.0. The number of benzene rings is 2. The van der Waals surface area contributed by atoms with Crippen LogP contribution in [0.15, 0.2) is 67.0 Å². The molecule has 0 aliphatic heterocycles. The second-order valence-electron chi connectivity index (χ2n) is 6.89. The van der Waals surface area contributed by atoms with Crippen molar-refractivity contribution in [3.05, 3.63) is 72.6 Å². The summed E-state index contributed by atoms with van der Waals surface area (Å²) in [5.41, 5.74) is 2.73. The maximum absolute atomic E-state index is 12.6. The molecule has 8 heteroatoms. The van der Waals surface area contributed by atoms with Gasteiger partial charge in [0.15, 0.2) is 11.7 Å². The molecule has 0 atom stereocenters. The van der Waals surface area contributed by atoms with E-state index in [4.69, 9.17) is 4.74 Å². The minimum absolute atomic E-state index is 0.182. The Morgan fingerprint density at radius 1 is 1.10 bits per heavy atom. The molecule has 1 amide bonds. The van der Waals surface area contributed by atoms with Gasteiger partial charge in [0.2, 0.25) is 0 Å². The van der Waals surface area contributed by atoms with E-state index >= 15 is 0 Å². The second-order valence-corrected chi connectivity index (χ2v) is 7.90. The molecular formula is C23H22N4O3S. The number of aromatic nitrogens is 3. The Labute approximate surface area is 183 Å². The number of carbonyl (C=O) groups is 2. The van der Waals surface area contributed by atoms with Crippen molar-refractivity contribution in [1.82, 2.24) is 14.8 Å². The van der Waals surface area contributed by atoms with Crippen LogP contribution in [0.25, 0.3) is 15.9 Å². The lowest BCUT2D eigenvalue weighted by atomic mass is 10.2. The summed E-state index contributed by atoms with van der Waals surface area (Å²) in [6.07, 6.45) is 4.30. The van der Waals surface area contributed by atoms with Gasteiger partial charge in [-0.1, -0.05) is 41.7 Å². The van der Waals surface area contributed by atoms with E-state index in [1.807, 2.05) is 67.7 Å². The molecule has 0 saturated carbocycles. The number of nitrogens with zero attached hydrogens (tertiary/aromatic N) is 4. The van der Waals surface area contributed by atoms with Crippen LogP contribution in [0.5, 0.6) is 0 Å². The van der Waals surface area contributed by atoms with Crippen molar-refractivity contribution in [2.24, 2.45) is 0 Å². The molecule has 2 heterocycles. The Bertz CT molecular complexity index is 1150. The highest BCUT2D eigenvalue weighted by atomic mass is 32.1. The molecule has 4 aromatic rings. The lowest BCUT2D eigenvalue weighted by Crippen LogP contribution is -2.34. The number of fused-ring (bicyclic) bond motifs is 1. The zero-order chi connectivity index (χ0) is 21.6. The minimum atomic E-state index is -0.416. The van der Waals surface area contributed by atoms with E-state index in [9.17, 15) is 9.59 Å². The Balaban J connectivity index is 1.29. The van der Waals surface area contributed by atoms with Crippen LogP contribution in [0, 0.1) is 0 Å². The lowest BCUT2D eigenvalue weighted by molar-refractivity contribution is -0.147. The number of amides is 1. The van der Waals surface area contributed by atoms with E-state index in [2.05, 4.69) is 10.1 Å². The first-order chi connectivity index (χ1) is 15.1. The summed E-state index contributed by atoms with van der Waals surface area (Å²) in [5.74, 6) is -0.701. The highest BCUT2D eigenvalue weighted by Crippen LogP contribution is 2.28. The van der Waals surface area contributed by atoms with Gasteiger partial charge in [0, 0.05) is 19.2 Å². The van der Waals surface area contributed by atoms with E-state index in [0.717, 1.165) is 21.5 Å². The van der Waals surface area contributed by atoms with E-state index in [0.29, 0.717) is 18.1 Å². The molecule has 0 bridgehead atoms. The molecular weight excluding hydrogens is 412 g/mol. The molecule has 2 aromatic heterocycles. The molecule has 0 N–H and O–H groups in total. The van der Waals surface area contributed by atoms with Gasteiger partial charge in [-0.3, -0.25) is 14.5 Å². The van der Waals surface area contributed by atoms with Gasteiger partial charge in [-0.05, 0) is 43.2 Å². The number of carbonyl (C=O) groups excluding carboxylic acids is 2. The third kappa shape index (κ3) is 4.97. The summed E-state index contributed by atoms with van der Waals surface area (Å²) in [6, 6.07) is 17.5. The van der Waals surface area contributed by atoms with Gasteiger partial charge in [-0.2, -0.15) is 5.10 Å². The molecule has 0 spiro atoms. The predicted molar refractivity (Wildman–Crippen MR) is 120 cm³/mol. The van der Waals surface area contributed by atoms with Crippen LogP contribution in [0.3, 0.4) is 0 Å². The standard InChI is InChI=1S/C23H22N4O3S/c1-2-26(23-25-19-10-6-7-11-20(19)31-23)21(28)16-30-22(29)13-12-17-14-24-27(15-17)18-8-4-3-5-9-18/h3-11,14-15H,2,12-13,16H2,1H3. The third-order valence-electron chi connectivity index (χ3n) is 4.76. The Hall–Kier alpha value is -3.52. The van der Waals surface area contributed by atoms with Gasteiger partial charge in [-0.15, -0.1) is 0 Å². The molecule has 158 valence electrons. The number of rotatable bonds is 8. The van der Waals surface area contributed by atoms with Crippen LogP contribution in [0.1, 0.15) is 18.9 Å². The summed E-state index contributed by atoms with van der Waals surface area (Å²) < 4.78 is 7.99. The van der Waals surface area contributed by atoms with Crippen molar-refractivity contribution < 1.29 is 14.3 Å². The fraction of sp³-hybridized carbons (Fsp3) is 0.217. The van der Waals surface area contributed by atoms with Gasteiger partial charge in [-0.25, -0.2) is 9.67 Å². The summed E-state index contributed by atoms with van der Waals surface area (Å²) in [6.45, 7) is 2.02. The van der Waals surface area contributed by atoms with Gasteiger partial charge in [0.1, 0.15) is 0 Å².